The van der Waals surface area contributed by atoms with Gasteiger partial charge in [0, 0.05) is 10.9 Å². The van der Waals surface area contributed by atoms with E-state index in [1.165, 1.54) is 0 Å². The van der Waals surface area contributed by atoms with Gasteiger partial charge in [-0.3, -0.25) is 4.79 Å². The zero-order valence-corrected chi connectivity index (χ0v) is 8.21. The molecule has 1 aromatic carbocycles. The zero-order chi connectivity index (χ0) is 9.42. The number of hydrogen-bond donors (Lipinski definition) is 0. The monoisotopic (exact) mass is 194 g/mol. The summed E-state index contributed by atoms with van der Waals surface area (Å²) in [6.45, 7) is 1.65. The largest absolute Gasteiger partial charge is 0.300 e. The summed E-state index contributed by atoms with van der Waals surface area (Å²) in [6.07, 6.45) is 0.971. The van der Waals surface area contributed by atoms with Crippen LogP contribution in [0.2, 0.25) is 5.02 Å². The fourth-order valence-corrected chi connectivity index (χ4v) is 2.04. The van der Waals surface area contributed by atoms with Gasteiger partial charge in [-0.05, 0) is 30.9 Å². The highest BCUT2D eigenvalue weighted by Crippen LogP contribution is 2.49. The number of carbonyl (C=O) groups is 1. The second kappa shape index (κ2) is 3.15. The molecule has 2 unspecified atom stereocenters. The predicted molar refractivity (Wildman–Crippen MR) is 53.0 cm³/mol. The summed E-state index contributed by atoms with van der Waals surface area (Å²) in [7, 11) is 0. The number of Topliss-reactive ketones (excluding diaryl/α,β-unsaturated/α-hetero) is 1. The second-order valence-electron chi connectivity index (χ2n) is 3.58. The Morgan fingerprint density at radius 3 is 2.69 bits per heavy atom. The van der Waals surface area contributed by atoms with Gasteiger partial charge in [-0.2, -0.15) is 0 Å². The summed E-state index contributed by atoms with van der Waals surface area (Å²) in [6, 6.07) is 7.77. The normalized spacial score (nSPS) is 25.7. The molecule has 1 aliphatic rings. The number of rotatable bonds is 2. The van der Waals surface area contributed by atoms with Crippen molar-refractivity contribution in [2.24, 2.45) is 5.92 Å². The molecule has 1 nitrogen and oxygen atoms in total. The van der Waals surface area contributed by atoms with Gasteiger partial charge >= 0.3 is 0 Å². The summed E-state index contributed by atoms with van der Waals surface area (Å²) >= 11 is 6.02. The molecule has 1 aromatic rings. The van der Waals surface area contributed by atoms with Crippen LogP contribution in [0.15, 0.2) is 24.3 Å². The van der Waals surface area contributed by atoms with E-state index in [4.69, 9.17) is 11.6 Å². The maximum absolute atomic E-state index is 11.1. The van der Waals surface area contributed by atoms with Gasteiger partial charge < -0.3 is 0 Å². The molecule has 2 heteroatoms. The first kappa shape index (κ1) is 8.76. The Hall–Kier alpha value is -0.820. The topological polar surface area (TPSA) is 17.1 Å². The van der Waals surface area contributed by atoms with Crippen LogP contribution in [0.1, 0.15) is 24.8 Å². The van der Waals surface area contributed by atoms with E-state index in [-0.39, 0.29) is 11.7 Å². The fourth-order valence-electron chi connectivity index (χ4n) is 1.76. The minimum absolute atomic E-state index is 0.222. The summed E-state index contributed by atoms with van der Waals surface area (Å²) in [4.78, 5) is 11.1. The molecule has 2 rings (SSSR count). The Balaban J connectivity index is 2.21. The Bertz CT molecular complexity index is 346. The molecule has 1 saturated carbocycles. The molecular weight excluding hydrogens is 184 g/mol. The van der Waals surface area contributed by atoms with Gasteiger partial charge in [-0.15, -0.1) is 0 Å². The van der Waals surface area contributed by atoms with Crippen molar-refractivity contribution < 1.29 is 4.79 Å². The Labute approximate surface area is 82.7 Å². The number of halogens is 1. The van der Waals surface area contributed by atoms with Gasteiger partial charge in [0.15, 0.2) is 0 Å². The molecule has 0 aromatic heterocycles. The molecule has 1 aliphatic carbocycles. The molecule has 0 amide bonds. The SMILES string of the molecule is CC(=O)C1CC1c1ccccc1Cl. The molecule has 2 atom stereocenters. The highest BCUT2D eigenvalue weighted by Gasteiger charge is 2.42. The highest BCUT2D eigenvalue weighted by atomic mass is 35.5. The van der Waals surface area contributed by atoms with E-state index in [0.29, 0.717) is 5.92 Å². The van der Waals surface area contributed by atoms with Crippen LogP contribution in [0, 0.1) is 5.92 Å². The first-order valence-corrected chi connectivity index (χ1v) is 4.83. The molecule has 1 fully saturated rings. The van der Waals surface area contributed by atoms with E-state index < -0.39 is 0 Å². The van der Waals surface area contributed by atoms with Gasteiger partial charge in [0.1, 0.15) is 5.78 Å². The van der Waals surface area contributed by atoms with Crippen molar-refractivity contribution in [3.8, 4) is 0 Å². The minimum atomic E-state index is 0.222. The van der Waals surface area contributed by atoms with Crippen molar-refractivity contribution in [1.82, 2.24) is 0 Å². The fraction of sp³-hybridized carbons (Fsp3) is 0.364. The maximum atomic E-state index is 11.1. The van der Waals surface area contributed by atoms with E-state index in [9.17, 15) is 4.79 Å². The lowest BCUT2D eigenvalue weighted by molar-refractivity contribution is -0.118. The lowest BCUT2D eigenvalue weighted by atomic mass is 10.1. The summed E-state index contributed by atoms with van der Waals surface area (Å²) in [5.41, 5.74) is 1.13. The smallest absolute Gasteiger partial charge is 0.133 e. The molecule has 0 saturated heterocycles. The Kier molecular flexibility index (Phi) is 2.12. The van der Waals surface area contributed by atoms with Gasteiger partial charge in [-0.25, -0.2) is 0 Å². The average Bonchev–Trinajstić information content (AvgIpc) is 2.84. The first-order valence-electron chi connectivity index (χ1n) is 4.45. The summed E-state index contributed by atoms with van der Waals surface area (Å²) < 4.78 is 0. The van der Waals surface area contributed by atoms with Crippen LogP contribution in [0.3, 0.4) is 0 Å². The molecule has 0 bridgehead atoms. The van der Waals surface area contributed by atoms with E-state index in [2.05, 4.69) is 0 Å². The van der Waals surface area contributed by atoms with Gasteiger partial charge in [-0.1, -0.05) is 29.8 Å². The zero-order valence-electron chi connectivity index (χ0n) is 7.46. The second-order valence-corrected chi connectivity index (χ2v) is 3.99. The average molecular weight is 195 g/mol. The summed E-state index contributed by atoms with van der Waals surface area (Å²) in [5.74, 6) is 0.885. The van der Waals surface area contributed by atoms with Crippen molar-refractivity contribution >= 4 is 17.4 Å². The van der Waals surface area contributed by atoms with Crippen LogP contribution in [-0.2, 0) is 4.79 Å². The van der Waals surface area contributed by atoms with E-state index >= 15 is 0 Å². The minimum Gasteiger partial charge on any atom is -0.300 e. The lowest BCUT2D eigenvalue weighted by Crippen LogP contribution is -1.94. The Morgan fingerprint density at radius 1 is 1.46 bits per heavy atom. The van der Waals surface area contributed by atoms with E-state index in [1.54, 1.807) is 6.92 Å². The third kappa shape index (κ3) is 1.61. The third-order valence-corrected chi connectivity index (χ3v) is 2.96. The molecule has 0 heterocycles. The van der Waals surface area contributed by atoms with Crippen LogP contribution in [-0.4, -0.2) is 5.78 Å². The van der Waals surface area contributed by atoms with E-state index in [1.807, 2.05) is 24.3 Å². The molecular formula is C11H11ClO. The van der Waals surface area contributed by atoms with Crippen molar-refractivity contribution in [3.63, 3.8) is 0 Å². The number of hydrogen-bond acceptors (Lipinski definition) is 1. The van der Waals surface area contributed by atoms with Crippen molar-refractivity contribution in [1.29, 1.82) is 0 Å². The first-order chi connectivity index (χ1) is 6.20. The van der Waals surface area contributed by atoms with E-state index in [0.717, 1.165) is 17.0 Å². The molecule has 0 spiro atoms. The summed E-state index contributed by atoms with van der Waals surface area (Å²) in [5, 5.41) is 0.788. The molecule has 0 N–H and O–H groups in total. The maximum Gasteiger partial charge on any atom is 0.133 e. The van der Waals surface area contributed by atoms with Gasteiger partial charge in [0.25, 0.3) is 0 Å². The quantitative estimate of drug-likeness (QED) is 0.708. The number of ketones is 1. The van der Waals surface area contributed by atoms with Crippen LogP contribution >= 0.6 is 11.6 Å². The van der Waals surface area contributed by atoms with Gasteiger partial charge in [0.05, 0.1) is 0 Å². The molecule has 13 heavy (non-hydrogen) atoms. The van der Waals surface area contributed by atoms with Crippen molar-refractivity contribution in [3.05, 3.63) is 34.9 Å². The number of carbonyl (C=O) groups excluding carboxylic acids is 1. The van der Waals surface area contributed by atoms with Crippen molar-refractivity contribution in [2.45, 2.75) is 19.3 Å². The third-order valence-electron chi connectivity index (χ3n) is 2.62. The molecule has 0 radical (unpaired) electrons. The Morgan fingerprint density at radius 2 is 2.15 bits per heavy atom. The highest BCUT2D eigenvalue weighted by molar-refractivity contribution is 6.31. The van der Waals surface area contributed by atoms with Crippen LogP contribution < -0.4 is 0 Å². The lowest BCUT2D eigenvalue weighted by Gasteiger charge is -2.00. The van der Waals surface area contributed by atoms with Crippen LogP contribution in [0.4, 0.5) is 0 Å². The molecule has 68 valence electrons. The standard InChI is InChI=1S/C11H11ClO/c1-7(13)9-6-10(9)8-4-2-3-5-11(8)12/h2-5,9-10H,6H2,1H3. The number of benzene rings is 1. The van der Waals surface area contributed by atoms with Crippen LogP contribution in [0.5, 0.6) is 0 Å². The van der Waals surface area contributed by atoms with Gasteiger partial charge in [0.2, 0.25) is 0 Å². The van der Waals surface area contributed by atoms with Crippen LogP contribution in [0.25, 0.3) is 0 Å². The molecule has 0 aliphatic heterocycles. The van der Waals surface area contributed by atoms with Crippen molar-refractivity contribution in [2.75, 3.05) is 0 Å². The predicted octanol–water partition coefficient (Wildman–Crippen LogP) is 3.03.